The number of methoxy groups -OCH3 is 2. The molecule has 52 heavy (non-hydrogen) atoms. The van der Waals surface area contributed by atoms with Gasteiger partial charge in [0.25, 0.3) is 0 Å². The molecule has 5 fully saturated rings. The second-order valence-corrected chi connectivity index (χ2v) is 17.3. The highest BCUT2D eigenvalue weighted by Gasteiger charge is 2.79. The highest BCUT2D eigenvalue weighted by atomic mass is 16.6. The van der Waals surface area contributed by atoms with E-state index in [1.807, 2.05) is 7.05 Å². The standard InChI is InChI=1S/C42H54N4O6/c1-6-39-14-10-16-46-18-15-41(35(39)46)29-20-27(32(50-4)21-31(29)44(3)36(41)42(49,37(39)47)38(48)51-5)28-19-24-22-45(23-40(7-2)34(24)52-40)17-13-26-25-11-8-9-12-30(25)43-33(26)28/h8-12,14,20-21,24,26,28,33-37,43,47,49H,6-7,13,15-19,22-23H2,1-5H3. The Kier molecular flexibility index (Phi) is 7.20. The van der Waals surface area contributed by atoms with Gasteiger partial charge in [-0.05, 0) is 74.0 Å². The highest BCUT2D eigenvalue weighted by molar-refractivity contribution is 5.86. The van der Waals surface area contributed by atoms with Crippen molar-refractivity contribution < 1.29 is 29.2 Å². The average Bonchev–Trinajstić information content (AvgIpc) is 3.46. The number of hydrogen-bond donors (Lipinski definition) is 3. The van der Waals surface area contributed by atoms with Gasteiger partial charge in [0.2, 0.25) is 5.60 Å². The molecule has 2 aromatic rings. The molecule has 13 unspecified atom stereocenters. The van der Waals surface area contributed by atoms with E-state index in [1.165, 1.54) is 23.9 Å². The fourth-order valence-corrected chi connectivity index (χ4v) is 13.5. The molecule has 3 N–H and O–H groups in total. The number of fused-ring (bicyclic) bond motifs is 8. The first-order chi connectivity index (χ1) is 25.1. The smallest absolute Gasteiger partial charge is 0.342 e. The Labute approximate surface area is 307 Å². The number of hydrogen-bond acceptors (Lipinski definition) is 10. The second kappa shape index (κ2) is 11.2. The number of carbonyl (C=O) groups is 1. The number of benzene rings is 2. The number of nitrogens with one attached hydrogen (secondary N) is 1. The lowest BCUT2D eigenvalue weighted by Gasteiger charge is -2.63. The van der Waals surface area contributed by atoms with Crippen LogP contribution >= 0.6 is 0 Å². The molecule has 7 aliphatic heterocycles. The minimum Gasteiger partial charge on any atom is -0.496 e. The first-order valence-electron chi connectivity index (χ1n) is 19.7. The normalized spacial score (nSPS) is 44.8. The summed E-state index contributed by atoms with van der Waals surface area (Å²) in [6.07, 6.45) is 7.54. The number of carbonyl (C=O) groups excluding carboxylic acids is 1. The van der Waals surface area contributed by atoms with Gasteiger partial charge in [0, 0.05) is 84.8 Å². The largest absolute Gasteiger partial charge is 0.496 e. The zero-order chi connectivity index (χ0) is 35.9. The molecule has 2 bridgehead atoms. The maximum Gasteiger partial charge on any atom is 0.342 e. The maximum absolute atomic E-state index is 14.0. The lowest BCUT2D eigenvalue weighted by molar-refractivity contribution is -0.218. The third-order valence-corrected chi connectivity index (χ3v) is 15.6. The van der Waals surface area contributed by atoms with Crippen molar-refractivity contribution in [2.24, 2.45) is 11.3 Å². The summed E-state index contributed by atoms with van der Waals surface area (Å²) in [5.41, 5.74) is 2.23. The van der Waals surface area contributed by atoms with Crippen molar-refractivity contribution >= 4 is 17.3 Å². The fraction of sp³-hybridized carbons (Fsp3) is 0.643. The van der Waals surface area contributed by atoms with Crippen LogP contribution in [0, 0.1) is 11.3 Å². The van der Waals surface area contributed by atoms with E-state index in [9.17, 15) is 15.0 Å². The van der Waals surface area contributed by atoms with Crippen LogP contribution in [-0.4, -0.2) is 122 Å². The predicted molar refractivity (Wildman–Crippen MR) is 198 cm³/mol. The van der Waals surface area contributed by atoms with Crippen LogP contribution in [0.4, 0.5) is 11.4 Å². The van der Waals surface area contributed by atoms with Gasteiger partial charge in [0.05, 0.1) is 26.4 Å². The summed E-state index contributed by atoms with van der Waals surface area (Å²) in [6.45, 7) is 9.04. The summed E-state index contributed by atoms with van der Waals surface area (Å²) in [4.78, 5) is 21.2. The Morgan fingerprint density at radius 3 is 2.67 bits per heavy atom. The molecule has 0 aromatic heterocycles. The fourth-order valence-electron chi connectivity index (χ4n) is 13.5. The first-order valence-corrected chi connectivity index (χ1v) is 19.7. The zero-order valence-electron chi connectivity index (χ0n) is 31.2. The summed E-state index contributed by atoms with van der Waals surface area (Å²) in [5, 5.41) is 29.3. The van der Waals surface area contributed by atoms with E-state index in [-0.39, 0.29) is 29.7 Å². The number of ether oxygens (including phenoxy) is 3. The van der Waals surface area contributed by atoms with E-state index >= 15 is 0 Å². The minimum atomic E-state index is -2.16. The molecule has 8 aliphatic rings. The van der Waals surface area contributed by atoms with Gasteiger partial charge in [-0.2, -0.15) is 0 Å². The number of aliphatic hydroxyl groups is 2. The lowest BCUT2D eigenvalue weighted by Crippen LogP contribution is -2.80. The number of piperidine rings is 1. The topological polar surface area (TPSA) is 110 Å². The van der Waals surface area contributed by atoms with Crippen molar-refractivity contribution in [3.8, 4) is 5.75 Å². The van der Waals surface area contributed by atoms with Gasteiger partial charge in [-0.3, -0.25) is 9.80 Å². The molecule has 1 saturated carbocycles. The second-order valence-electron chi connectivity index (χ2n) is 17.3. The van der Waals surface area contributed by atoms with Crippen molar-refractivity contribution in [1.82, 2.24) is 9.80 Å². The third kappa shape index (κ3) is 3.95. The van der Waals surface area contributed by atoms with Crippen LogP contribution < -0.4 is 15.0 Å². The van der Waals surface area contributed by atoms with Gasteiger partial charge in [0.1, 0.15) is 17.5 Å². The van der Waals surface area contributed by atoms with Crippen LogP contribution in [0.15, 0.2) is 48.6 Å². The number of rotatable bonds is 5. The maximum atomic E-state index is 14.0. The van der Waals surface area contributed by atoms with Crippen LogP contribution in [0.1, 0.15) is 74.5 Å². The SMILES string of the molecule is CCC12CN3CCC4c5ccccc5NC4C(c4cc5c(cc4OC)N(C)C4C(O)(C(=O)OC)C(O)C6(CC)C=CCN7CCC54C76)CC(C3)C1O2. The monoisotopic (exact) mass is 710 g/mol. The average molecular weight is 711 g/mol. The van der Waals surface area contributed by atoms with E-state index in [2.05, 4.69) is 82.4 Å². The molecule has 1 aliphatic carbocycles. The van der Waals surface area contributed by atoms with Crippen molar-refractivity contribution in [3.63, 3.8) is 0 Å². The molecular weight excluding hydrogens is 656 g/mol. The summed E-state index contributed by atoms with van der Waals surface area (Å²) in [7, 11) is 5.05. The van der Waals surface area contributed by atoms with E-state index in [4.69, 9.17) is 14.2 Å². The van der Waals surface area contributed by atoms with Crippen molar-refractivity contribution in [2.45, 2.75) is 105 Å². The van der Waals surface area contributed by atoms with Crippen LogP contribution in [-0.2, 0) is 19.7 Å². The third-order valence-electron chi connectivity index (χ3n) is 15.6. The molecule has 7 heterocycles. The molecule has 1 spiro atoms. The zero-order valence-corrected chi connectivity index (χ0v) is 31.2. The summed E-state index contributed by atoms with van der Waals surface area (Å²) >= 11 is 0. The van der Waals surface area contributed by atoms with E-state index in [0.717, 1.165) is 75.4 Å². The molecular formula is C42H54N4O6. The lowest BCUT2D eigenvalue weighted by atomic mass is 9.48. The molecule has 10 rings (SSSR count). The van der Waals surface area contributed by atoms with Gasteiger partial charge in [0.15, 0.2) is 0 Å². The molecule has 13 atom stereocenters. The van der Waals surface area contributed by atoms with Crippen molar-refractivity contribution in [1.29, 1.82) is 0 Å². The molecule has 4 saturated heterocycles. The number of nitrogens with zero attached hydrogens (tertiary/aromatic N) is 3. The van der Waals surface area contributed by atoms with Crippen LogP contribution in [0.5, 0.6) is 5.75 Å². The number of anilines is 2. The van der Waals surface area contributed by atoms with Crippen LogP contribution in [0.25, 0.3) is 0 Å². The number of likely N-dealkylation sites (N-methyl/N-ethyl adjacent to an activating group) is 1. The number of esters is 1. The molecule has 10 heteroatoms. The number of aliphatic hydroxyl groups excluding tert-OH is 1. The van der Waals surface area contributed by atoms with E-state index in [1.54, 1.807) is 7.11 Å². The van der Waals surface area contributed by atoms with Crippen molar-refractivity contribution in [2.75, 3.05) is 64.2 Å². The van der Waals surface area contributed by atoms with Gasteiger partial charge in [-0.1, -0.05) is 44.2 Å². The summed E-state index contributed by atoms with van der Waals surface area (Å²) in [5.74, 6) is 0.900. The Balaban J connectivity index is 1.18. The molecule has 278 valence electrons. The first kappa shape index (κ1) is 33.4. The molecule has 2 aromatic carbocycles. The van der Waals surface area contributed by atoms with Gasteiger partial charge >= 0.3 is 5.97 Å². The predicted octanol–water partition coefficient (Wildman–Crippen LogP) is 4.01. The van der Waals surface area contributed by atoms with Crippen LogP contribution in [0.3, 0.4) is 0 Å². The summed E-state index contributed by atoms with van der Waals surface area (Å²) in [6, 6.07) is 12.8. The van der Waals surface area contributed by atoms with E-state index < -0.39 is 34.5 Å². The molecule has 0 amide bonds. The Hall–Kier alpha value is -3.15. The minimum absolute atomic E-state index is 0.0399. The Morgan fingerprint density at radius 1 is 1.08 bits per heavy atom. The van der Waals surface area contributed by atoms with E-state index in [0.29, 0.717) is 18.3 Å². The van der Waals surface area contributed by atoms with Gasteiger partial charge in [-0.15, -0.1) is 0 Å². The highest BCUT2D eigenvalue weighted by Crippen LogP contribution is 2.67. The molecule has 0 radical (unpaired) electrons. The summed E-state index contributed by atoms with van der Waals surface area (Å²) < 4.78 is 18.4. The van der Waals surface area contributed by atoms with Gasteiger partial charge < -0.3 is 34.6 Å². The van der Waals surface area contributed by atoms with Crippen molar-refractivity contribution in [3.05, 3.63) is 65.2 Å². The van der Waals surface area contributed by atoms with Gasteiger partial charge in [-0.25, -0.2) is 4.79 Å². The number of epoxide rings is 1. The van der Waals surface area contributed by atoms with Crippen LogP contribution in [0.2, 0.25) is 0 Å². The quantitative estimate of drug-likeness (QED) is 0.240. The molecule has 10 nitrogen and oxygen atoms in total. The Bertz CT molecular complexity index is 1850. The Morgan fingerprint density at radius 2 is 1.90 bits per heavy atom. The number of para-hydroxylation sites is 1.